The van der Waals surface area contributed by atoms with E-state index in [0.29, 0.717) is 27.3 Å². The summed E-state index contributed by atoms with van der Waals surface area (Å²) >= 11 is 12.0. The van der Waals surface area contributed by atoms with E-state index in [1.165, 1.54) is 7.11 Å². The zero-order valence-electron chi connectivity index (χ0n) is 9.09. The second-order valence-electron chi connectivity index (χ2n) is 4.15. The molecule has 0 aliphatic heterocycles. The SMILES string of the molecule is COc1cc(Cl)c(C(=O)C2CC2C)cc1Cl. The Hall–Kier alpha value is -0.730. The summed E-state index contributed by atoms with van der Waals surface area (Å²) in [4.78, 5) is 12.0. The molecule has 1 aliphatic carbocycles. The van der Waals surface area contributed by atoms with Crippen molar-refractivity contribution in [3.8, 4) is 5.75 Å². The number of Topliss-reactive ketones (excluding diaryl/α,β-unsaturated/α-hetero) is 1. The first-order chi connectivity index (χ1) is 7.54. The molecule has 2 unspecified atom stereocenters. The molecule has 2 rings (SSSR count). The second kappa shape index (κ2) is 4.27. The fourth-order valence-corrected chi connectivity index (χ4v) is 2.25. The molecular weight excluding hydrogens is 247 g/mol. The average Bonchev–Trinajstić information content (AvgIpc) is 2.97. The molecule has 2 nitrogen and oxygen atoms in total. The van der Waals surface area contributed by atoms with Gasteiger partial charge in [0.1, 0.15) is 5.75 Å². The van der Waals surface area contributed by atoms with Crippen molar-refractivity contribution < 1.29 is 9.53 Å². The van der Waals surface area contributed by atoms with E-state index in [9.17, 15) is 4.79 Å². The number of hydrogen-bond acceptors (Lipinski definition) is 2. The normalized spacial score (nSPS) is 23.0. The Balaban J connectivity index is 2.34. The Morgan fingerprint density at radius 3 is 2.50 bits per heavy atom. The van der Waals surface area contributed by atoms with Gasteiger partial charge in [-0.25, -0.2) is 0 Å². The highest BCUT2D eigenvalue weighted by Gasteiger charge is 2.40. The number of halogens is 2. The summed E-state index contributed by atoms with van der Waals surface area (Å²) in [5.74, 6) is 1.15. The van der Waals surface area contributed by atoms with Crippen molar-refractivity contribution in [2.75, 3.05) is 7.11 Å². The van der Waals surface area contributed by atoms with Crippen LogP contribution in [0.25, 0.3) is 0 Å². The topological polar surface area (TPSA) is 26.3 Å². The molecule has 0 heterocycles. The molecule has 1 aliphatic rings. The van der Waals surface area contributed by atoms with Gasteiger partial charge < -0.3 is 4.74 Å². The van der Waals surface area contributed by atoms with E-state index >= 15 is 0 Å². The number of rotatable bonds is 3. The van der Waals surface area contributed by atoms with E-state index in [4.69, 9.17) is 27.9 Å². The maximum absolute atomic E-state index is 12.0. The molecule has 0 aromatic heterocycles. The Morgan fingerprint density at radius 2 is 2.00 bits per heavy atom. The van der Waals surface area contributed by atoms with E-state index in [-0.39, 0.29) is 11.7 Å². The van der Waals surface area contributed by atoms with Crippen LogP contribution in [0.15, 0.2) is 12.1 Å². The van der Waals surface area contributed by atoms with E-state index in [0.717, 1.165) is 6.42 Å². The molecule has 1 saturated carbocycles. The van der Waals surface area contributed by atoms with Crippen molar-refractivity contribution in [3.05, 3.63) is 27.7 Å². The number of hydrogen-bond donors (Lipinski definition) is 0. The summed E-state index contributed by atoms with van der Waals surface area (Å²) in [5, 5.41) is 0.828. The standard InChI is InChI=1S/C12H12Cl2O2/c1-6-3-7(6)12(15)8-4-10(14)11(16-2)5-9(8)13/h4-7H,3H2,1-2H3. The third-order valence-electron chi connectivity index (χ3n) is 2.95. The lowest BCUT2D eigenvalue weighted by Gasteiger charge is -2.07. The summed E-state index contributed by atoms with van der Waals surface area (Å²) < 4.78 is 5.03. The first kappa shape index (κ1) is 11.7. The summed E-state index contributed by atoms with van der Waals surface area (Å²) in [5.41, 5.74) is 0.502. The van der Waals surface area contributed by atoms with Crippen LogP contribution in [0.2, 0.25) is 10.0 Å². The van der Waals surface area contributed by atoms with Gasteiger partial charge in [0.05, 0.1) is 17.2 Å². The summed E-state index contributed by atoms with van der Waals surface area (Å²) in [6, 6.07) is 3.18. The average molecular weight is 259 g/mol. The van der Waals surface area contributed by atoms with E-state index in [1.54, 1.807) is 12.1 Å². The minimum Gasteiger partial charge on any atom is -0.495 e. The zero-order chi connectivity index (χ0) is 11.9. The number of methoxy groups -OCH3 is 1. The van der Waals surface area contributed by atoms with Crippen LogP contribution in [0.3, 0.4) is 0 Å². The van der Waals surface area contributed by atoms with Gasteiger partial charge in [-0.3, -0.25) is 4.79 Å². The molecule has 86 valence electrons. The lowest BCUT2D eigenvalue weighted by molar-refractivity contribution is 0.0962. The van der Waals surface area contributed by atoms with Gasteiger partial charge >= 0.3 is 0 Å². The summed E-state index contributed by atoms with van der Waals surface area (Å²) in [6.45, 7) is 2.06. The van der Waals surface area contributed by atoms with E-state index < -0.39 is 0 Å². The van der Waals surface area contributed by atoms with Crippen molar-refractivity contribution in [1.82, 2.24) is 0 Å². The number of carbonyl (C=O) groups excluding carboxylic acids is 1. The van der Waals surface area contributed by atoms with Crippen LogP contribution in [0.5, 0.6) is 5.75 Å². The highest BCUT2D eigenvalue weighted by atomic mass is 35.5. The highest BCUT2D eigenvalue weighted by Crippen LogP contribution is 2.42. The van der Waals surface area contributed by atoms with Crippen molar-refractivity contribution in [2.24, 2.45) is 11.8 Å². The van der Waals surface area contributed by atoms with Crippen molar-refractivity contribution in [1.29, 1.82) is 0 Å². The first-order valence-corrected chi connectivity index (χ1v) is 5.87. The maximum Gasteiger partial charge on any atom is 0.167 e. The van der Waals surface area contributed by atoms with Crippen LogP contribution in [0.4, 0.5) is 0 Å². The quantitative estimate of drug-likeness (QED) is 0.771. The molecule has 0 bridgehead atoms. The number of benzene rings is 1. The molecule has 0 spiro atoms. The molecule has 1 fully saturated rings. The first-order valence-electron chi connectivity index (χ1n) is 5.12. The van der Waals surface area contributed by atoms with Gasteiger partial charge in [-0.05, 0) is 18.4 Å². The van der Waals surface area contributed by atoms with Crippen LogP contribution in [-0.2, 0) is 0 Å². The Kier molecular flexibility index (Phi) is 3.13. The third-order valence-corrected chi connectivity index (χ3v) is 3.56. The zero-order valence-corrected chi connectivity index (χ0v) is 10.6. The predicted octanol–water partition coefficient (Wildman–Crippen LogP) is 3.84. The summed E-state index contributed by atoms with van der Waals surface area (Å²) in [7, 11) is 1.52. The van der Waals surface area contributed by atoms with Crippen molar-refractivity contribution >= 4 is 29.0 Å². The van der Waals surface area contributed by atoms with Crippen molar-refractivity contribution in [3.63, 3.8) is 0 Å². The van der Waals surface area contributed by atoms with Gasteiger partial charge in [0.15, 0.2) is 5.78 Å². The molecule has 0 radical (unpaired) electrons. The lowest BCUT2D eigenvalue weighted by atomic mass is 10.1. The molecule has 4 heteroatoms. The van der Waals surface area contributed by atoms with Crippen LogP contribution in [0.1, 0.15) is 23.7 Å². The van der Waals surface area contributed by atoms with Gasteiger partial charge in [-0.15, -0.1) is 0 Å². The minimum atomic E-state index is 0.0852. The molecule has 2 atom stereocenters. The molecule has 0 amide bonds. The Bertz CT molecular complexity index is 443. The fraction of sp³-hybridized carbons (Fsp3) is 0.417. The van der Waals surface area contributed by atoms with Crippen LogP contribution in [0, 0.1) is 11.8 Å². The Labute approximate surface area is 104 Å². The highest BCUT2D eigenvalue weighted by molar-refractivity contribution is 6.37. The van der Waals surface area contributed by atoms with E-state index in [1.807, 2.05) is 0 Å². The molecule has 1 aromatic carbocycles. The van der Waals surface area contributed by atoms with Crippen LogP contribution >= 0.6 is 23.2 Å². The number of carbonyl (C=O) groups is 1. The van der Waals surface area contributed by atoms with Crippen LogP contribution in [-0.4, -0.2) is 12.9 Å². The Morgan fingerprint density at radius 1 is 1.38 bits per heavy atom. The van der Waals surface area contributed by atoms with Gasteiger partial charge in [-0.2, -0.15) is 0 Å². The van der Waals surface area contributed by atoms with Crippen molar-refractivity contribution in [2.45, 2.75) is 13.3 Å². The largest absolute Gasteiger partial charge is 0.495 e. The lowest BCUT2D eigenvalue weighted by Crippen LogP contribution is -2.04. The van der Waals surface area contributed by atoms with Crippen LogP contribution < -0.4 is 4.74 Å². The minimum absolute atomic E-state index is 0.0852. The maximum atomic E-state index is 12.0. The van der Waals surface area contributed by atoms with Gasteiger partial charge in [0.2, 0.25) is 0 Å². The van der Waals surface area contributed by atoms with Gasteiger partial charge in [-0.1, -0.05) is 30.1 Å². The number of ketones is 1. The van der Waals surface area contributed by atoms with Gasteiger partial charge in [0.25, 0.3) is 0 Å². The molecule has 16 heavy (non-hydrogen) atoms. The second-order valence-corrected chi connectivity index (χ2v) is 4.96. The predicted molar refractivity (Wildman–Crippen MR) is 64.6 cm³/mol. The number of ether oxygens (including phenoxy) is 1. The van der Waals surface area contributed by atoms with E-state index in [2.05, 4.69) is 6.92 Å². The molecular formula is C12H12Cl2O2. The van der Waals surface area contributed by atoms with Gasteiger partial charge in [0, 0.05) is 17.5 Å². The molecule has 0 saturated heterocycles. The smallest absolute Gasteiger partial charge is 0.167 e. The fourth-order valence-electron chi connectivity index (χ4n) is 1.76. The third kappa shape index (κ3) is 2.04. The molecule has 0 N–H and O–H groups in total. The summed E-state index contributed by atoms with van der Waals surface area (Å²) in [6.07, 6.45) is 0.943. The monoisotopic (exact) mass is 258 g/mol. The molecule has 1 aromatic rings.